The SMILES string of the molecule is CS(=O)(=O)N1CCN(c2cccc(Br)c2C(N)=S)CC1. The Bertz CT molecular complexity index is 626. The number of hydrogen-bond donors (Lipinski definition) is 1. The van der Waals surface area contributed by atoms with E-state index < -0.39 is 10.0 Å². The molecule has 1 aliphatic heterocycles. The first kappa shape index (κ1) is 15.7. The number of halogens is 1. The number of nitrogens with zero attached hydrogens (tertiary/aromatic N) is 2. The third kappa shape index (κ3) is 3.30. The Morgan fingerprint density at radius 3 is 2.40 bits per heavy atom. The van der Waals surface area contributed by atoms with Crippen LogP contribution in [0.2, 0.25) is 0 Å². The molecule has 1 fully saturated rings. The first-order valence-electron chi connectivity index (χ1n) is 6.09. The molecule has 0 unspecified atom stereocenters. The first-order valence-corrected chi connectivity index (χ1v) is 9.14. The maximum absolute atomic E-state index is 11.5. The summed E-state index contributed by atoms with van der Waals surface area (Å²) in [5.74, 6) is 0. The first-order chi connectivity index (χ1) is 9.30. The van der Waals surface area contributed by atoms with Crippen LogP contribution in [0.3, 0.4) is 0 Å². The summed E-state index contributed by atoms with van der Waals surface area (Å²) in [7, 11) is -3.12. The molecule has 8 heteroatoms. The molecule has 1 saturated heterocycles. The lowest BCUT2D eigenvalue weighted by atomic mass is 10.1. The average Bonchev–Trinajstić information content (AvgIpc) is 2.37. The molecule has 1 aromatic rings. The number of sulfonamides is 1. The molecular formula is C12H16BrN3O2S2. The average molecular weight is 378 g/mol. The standard InChI is InChI=1S/C12H16BrN3O2S2/c1-20(17,18)16-7-5-15(6-8-16)10-4-2-3-9(13)11(10)12(14)19/h2-4H,5-8H2,1H3,(H2,14,19). The normalized spacial score (nSPS) is 17.2. The zero-order valence-corrected chi connectivity index (χ0v) is 14.3. The van der Waals surface area contributed by atoms with Crippen molar-refractivity contribution >= 4 is 48.8 Å². The van der Waals surface area contributed by atoms with Gasteiger partial charge in [-0.05, 0) is 28.1 Å². The predicted molar refractivity (Wildman–Crippen MR) is 88.7 cm³/mol. The van der Waals surface area contributed by atoms with Gasteiger partial charge in [-0.25, -0.2) is 8.42 Å². The minimum Gasteiger partial charge on any atom is -0.389 e. The molecule has 0 aromatic heterocycles. The summed E-state index contributed by atoms with van der Waals surface area (Å²) in [5.41, 5.74) is 7.53. The Labute approximate surface area is 132 Å². The van der Waals surface area contributed by atoms with Gasteiger partial charge < -0.3 is 10.6 Å². The van der Waals surface area contributed by atoms with E-state index in [0.717, 1.165) is 15.7 Å². The molecule has 1 aliphatic rings. The van der Waals surface area contributed by atoms with Crippen molar-refractivity contribution in [1.82, 2.24) is 4.31 Å². The highest BCUT2D eigenvalue weighted by molar-refractivity contribution is 9.10. The fourth-order valence-corrected chi connectivity index (χ4v) is 4.02. The van der Waals surface area contributed by atoms with Crippen LogP contribution in [-0.2, 0) is 10.0 Å². The summed E-state index contributed by atoms with van der Waals surface area (Å²) in [5, 5.41) is 0. The fraction of sp³-hybridized carbons (Fsp3) is 0.417. The number of thiocarbonyl (C=S) groups is 1. The van der Waals surface area contributed by atoms with E-state index in [2.05, 4.69) is 20.8 Å². The lowest BCUT2D eigenvalue weighted by molar-refractivity contribution is 0.388. The van der Waals surface area contributed by atoms with Crippen molar-refractivity contribution < 1.29 is 8.42 Å². The molecule has 1 aromatic carbocycles. The van der Waals surface area contributed by atoms with Crippen LogP contribution in [0.4, 0.5) is 5.69 Å². The van der Waals surface area contributed by atoms with Crippen molar-refractivity contribution in [2.24, 2.45) is 5.73 Å². The van der Waals surface area contributed by atoms with Gasteiger partial charge in [0.1, 0.15) is 4.99 Å². The lowest BCUT2D eigenvalue weighted by Crippen LogP contribution is -2.48. The van der Waals surface area contributed by atoms with Crippen molar-refractivity contribution in [1.29, 1.82) is 0 Å². The minimum atomic E-state index is -3.12. The van der Waals surface area contributed by atoms with E-state index in [1.807, 2.05) is 18.2 Å². The molecule has 0 atom stereocenters. The van der Waals surface area contributed by atoms with Gasteiger partial charge in [-0.1, -0.05) is 18.3 Å². The summed E-state index contributed by atoms with van der Waals surface area (Å²) in [6.07, 6.45) is 1.24. The highest BCUT2D eigenvalue weighted by Crippen LogP contribution is 2.28. The van der Waals surface area contributed by atoms with E-state index in [9.17, 15) is 8.42 Å². The van der Waals surface area contributed by atoms with Crippen LogP contribution in [0.5, 0.6) is 0 Å². The third-order valence-corrected chi connectivity index (χ3v) is 5.45. The quantitative estimate of drug-likeness (QED) is 0.800. The summed E-state index contributed by atoms with van der Waals surface area (Å²) < 4.78 is 25.4. The van der Waals surface area contributed by atoms with Crippen LogP contribution in [0.1, 0.15) is 5.56 Å². The second-order valence-electron chi connectivity index (χ2n) is 4.65. The zero-order valence-electron chi connectivity index (χ0n) is 11.0. The minimum absolute atomic E-state index is 0.331. The van der Waals surface area contributed by atoms with Gasteiger partial charge in [-0.15, -0.1) is 0 Å². The maximum Gasteiger partial charge on any atom is 0.211 e. The van der Waals surface area contributed by atoms with E-state index in [0.29, 0.717) is 31.2 Å². The molecule has 5 nitrogen and oxygen atoms in total. The van der Waals surface area contributed by atoms with E-state index in [1.54, 1.807) is 0 Å². The van der Waals surface area contributed by atoms with E-state index in [-0.39, 0.29) is 0 Å². The number of anilines is 1. The van der Waals surface area contributed by atoms with Gasteiger partial charge in [0.2, 0.25) is 10.0 Å². The second-order valence-corrected chi connectivity index (χ2v) is 7.92. The van der Waals surface area contributed by atoms with Crippen LogP contribution in [0.25, 0.3) is 0 Å². The Morgan fingerprint density at radius 1 is 1.30 bits per heavy atom. The molecule has 0 saturated carbocycles. The van der Waals surface area contributed by atoms with Crippen LogP contribution in [0.15, 0.2) is 22.7 Å². The monoisotopic (exact) mass is 377 g/mol. The molecule has 110 valence electrons. The van der Waals surface area contributed by atoms with Crippen LogP contribution < -0.4 is 10.6 Å². The molecule has 2 rings (SSSR count). The molecule has 0 aliphatic carbocycles. The van der Waals surface area contributed by atoms with E-state index in [1.165, 1.54) is 10.6 Å². The van der Waals surface area contributed by atoms with Gasteiger partial charge in [-0.3, -0.25) is 0 Å². The van der Waals surface area contributed by atoms with Crippen molar-refractivity contribution in [2.45, 2.75) is 0 Å². The van der Waals surface area contributed by atoms with Crippen molar-refractivity contribution in [3.05, 3.63) is 28.2 Å². The number of hydrogen-bond acceptors (Lipinski definition) is 4. The lowest BCUT2D eigenvalue weighted by Gasteiger charge is -2.35. The zero-order chi connectivity index (χ0) is 14.9. The number of piperazine rings is 1. The third-order valence-electron chi connectivity index (χ3n) is 3.29. The summed E-state index contributed by atoms with van der Waals surface area (Å²) in [6, 6.07) is 5.77. The smallest absolute Gasteiger partial charge is 0.211 e. The van der Waals surface area contributed by atoms with Crippen molar-refractivity contribution in [3.8, 4) is 0 Å². The fourth-order valence-electron chi connectivity index (χ4n) is 2.28. The number of nitrogens with two attached hydrogens (primary N) is 1. The molecule has 0 spiro atoms. The van der Waals surface area contributed by atoms with Gasteiger partial charge in [0.05, 0.1) is 6.26 Å². The molecule has 1 heterocycles. The Morgan fingerprint density at radius 2 is 1.90 bits per heavy atom. The topological polar surface area (TPSA) is 66.6 Å². The van der Waals surface area contributed by atoms with E-state index in [4.69, 9.17) is 18.0 Å². The maximum atomic E-state index is 11.5. The summed E-state index contributed by atoms with van der Waals surface area (Å²) in [6.45, 7) is 2.20. The van der Waals surface area contributed by atoms with Gasteiger partial charge in [0, 0.05) is 41.9 Å². The molecule has 0 amide bonds. The van der Waals surface area contributed by atoms with Crippen LogP contribution in [-0.4, -0.2) is 50.1 Å². The highest BCUT2D eigenvalue weighted by Gasteiger charge is 2.25. The van der Waals surface area contributed by atoms with E-state index >= 15 is 0 Å². The molecule has 0 bridgehead atoms. The summed E-state index contributed by atoms with van der Waals surface area (Å²) in [4.78, 5) is 2.44. The van der Waals surface area contributed by atoms with Gasteiger partial charge in [-0.2, -0.15) is 4.31 Å². The van der Waals surface area contributed by atoms with Gasteiger partial charge in [0.25, 0.3) is 0 Å². The predicted octanol–water partition coefficient (Wildman–Crippen LogP) is 1.16. The Hall–Kier alpha value is -0.700. The van der Waals surface area contributed by atoms with Gasteiger partial charge >= 0.3 is 0 Å². The Kier molecular flexibility index (Phi) is 4.68. The molecular weight excluding hydrogens is 362 g/mol. The highest BCUT2D eigenvalue weighted by atomic mass is 79.9. The van der Waals surface area contributed by atoms with Crippen LogP contribution >= 0.6 is 28.1 Å². The van der Waals surface area contributed by atoms with Crippen molar-refractivity contribution in [3.63, 3.8) is 0 Å². The largest absolute Gasteiger partial charge is 0.389 e. The number of rotatable bonds is 3. The Balaban J connectivity index is 2.24. The molecule has 20 heavy (non-hydrogen) atoms. The second kappa shape index (κ2) is 5.97. The molecule has 2 N–H and O–H groups in total. The molecule has 0 radical (unpaired) electrons. The van der Waals surface area contributed by atoms with Gasteiger partial charge in [0.15, 0.2) is 0 Å². The van der Waals surface area contributed by atoms with Crippen molar-refractivity contribution in [2.75, 3.05) is 37.3 Å². The van der Waals surface area contributed by atoms with Crippen LogP contribution in [0, 0.1) is 0 Å². The summed E-state index contributed by atoms with van der Waals surface area (Å²) >= 11 is 8.56. The number of benzene rings is 1.